The fourth-order valence-corrected chi connectivity index (χ4v) is 2.26. The molecule has 1 rings (SSSR count). The van der Waals surface area contributed by atoms with Gasteiger partial charge in [-0.3, -0.25) is 0 Å². The molecule has 102 valence electrons. The minimum atomic E-state index is 0.119. The fraction of sp³-hybridized carbons (Fsp3) is 0.625. The van der Waals surface area contributed by atoms with Crippen molar-refractivity contribution in [2.45, 2.75) is 46.6 Å². The summed E-state index contributed by atoms with van der Waals surface area (Å²) in [5.41, 5.74) is 8.40. The van der Waals surface area contributed by atoms with Gasteiger partial charge in [-0.15, -0.1) is 0 Å². The molecule has 0 heterocycles. The Morgan fingerprint density at radius 1 is 1.06 bits per heavy atom. The average Bonchev–Trinajstić information content (AvgIpc) is 2.40. The van der Waals surface area contributed by atoms with Crippen molar-refractivity contribution in [1.82, 2.24) is 0 Å². The quantitative estimate of drug-likeness (QED) is 0.791. The van der Waals surface area contributed by atoms with Crippen molar-refractivity contribution in [1.29, 1.82) is 0 Å². The Kier molecular flexibility index (Phi) is 6.20. The van der Waals surface area contributed by atoms with E-state index in [9.17, 15) is 0 Å². The van der Waals surface area contributed by atoms with Crippen LogP contribution in [0.1, 0.15) is 52.1 Å². The summed E-state index contributed by atoms with van der Waals surface area (Å²) in [6.07, 6.45) is 2.51. The van der Waals surface area contributed by atoms with Crippen molar-refractivity contribution < 1.29 is 0 Å². The van der Waals surface area contributed by atoms with E-state index >= 15 is 0 Å². The molecule has 0 saturated heterocycles. The first-order valence-corrected chi connectivity index (χ1v) is 7.22. The molecule has 18 heavy (non-hydrogen) atoms. The number of anilines is 1. The molecular formula is C16H28N2. The third-order valence-electron chi connectivity index (χ3n) is 3.80. The molecule has 1 unspecified atom stereocenters. The Bertz CT molecular complexity index is 325. The second kappa shape index (κ2) is 7.42. The summed E-state index contributed by atoms with van der Waals surface area (Å²) in [7, 11) is 0. The lowest BCUT2D eigenvalue weighted by Gasteiger charge is -2.27. The lowest BCUT2D eigenvalue weighted by atomic mass is 10.0. The fourth-order valence-electron chi connectivity index (χ4n) is 2.26. The van der Waals surface area contributed by atoms with Crippen LogP contribution in [0.15, 0.2) is 24.3 Å². The summed E-state index contributed by atoms with van der Waals surface area (Å²) < 4.78 is 0. The van der Waals surface area contributed by atoms with Gasteiger partial charge in [-0.1, -0.05) is 38.8 Å². The highest BCUT2D eigenvalue weighted by atomic mass is 15.1. The van der Waals surface area contributed by atoms with Crippen LogP contribution < -0.4 is 10.6 Å². The standard InChI is InChI=1S/C16H28N2/c1-5-14(6-2)12-18(7-3)16-10-8-15(9-11-16)13(4)17/h8-11,13-14H,5-7,12,17H2,1-4H3. The first-order valence-electron chi connectivity index (χ1n) is 7.22. The van der Waals surface area contributed by atoms with Gasteiger partial charge in [-0.25, -0.2) is 0 Å². The molecule has 0 aliphatic rings. The van der Waals surface area contributed by atoms with E-state index in [0.29, 0.717) is 0 Å². The van der Waals surface area contributed by atoms with Crippen LogP contribution in [0.5, 0.6) is 0 Å². The molecular weight excluding hydrogens is 220 g/mol. The third-order valence-corrected chi connectivity index (χ3v) is 3.80. The molecule has 1 atom stereocenters. The van der Waals surface area contributed by atoms with E-state index in [1.54, 1.807) is 0 Å². The Labute approximate surface area is 112 Å². The predicted molar refractivity (Wildman–Crippen MR) is 81.0 cm³/mol. The van der Waals surface area contributed by atoms with E-state index in [2.05, 4.69) is 49.9 Å². The predicted octanol–water partition coefficient (Wildman–Crippen LogP) is 3.97. The summed E-state index contributed by atoms with van der Waals surface area (Å²) in [5.74, 6) is 0.790. The van der Waals surface area contributed by atoms with Gasteiger partial charge in [0.2, 0.25) is 0 Å². The zero-order valence-electron chi connectivity index (χ0n) is 12.3. The minimum absolute atomic E-state index is 0.119. The molecule has 0 radical (unpaired) electrons. The molecule has 0 aliphatic carbocycles. The van der Waals surface area contributed by atoms with Crippen molar-refractivity contribution in [3.63, 3.8) is 0 Å². The zero-order valence-corrected chi connectivity index (χ0v) is 12.3. The lowest BCUT2D eigenvalue weighted by Crippen LogP contribution is -2.28. The molecule has 0 aliphatic heterocycles. The normalized spacial score (nSPS) is 12.8. The van der Waals surface area contributed by atoms with Crippen molar-refractivity contribution in [2.24, 2.45) is 11.7 Å². The monoisotopic (exact) mass is 248 g/mol. The van der Waals surface area contributed by atoms with Gasteiger partial charge >= 0.3 is 0 Å². The van der Waals surface area contributed by atoms with Crippen LogP contribution in [0.4, 0.5) is 5.69 Å². The van der Waals surface area contributed by atoms with Gasteiger partial charge in [0.25, 0.3) is 0 Å². The van der Waals surface area contributed by atoms with Gasteiger partial charge < -0.3 is 10.6 Å². The van der Waals surface area contributed by atoms with Gasteiger partial charge in [-0.2, -0.15) is 0 Å². The molecule has 0 spiro atoms. The Morgan fingerprint density at radius 3 is 2.00 bits per heavy atom. The van der Waals surface area contributed by atoms with Crippen molar-refractivity contribution in [2.75, 3.05) is 18.0 Å². The number of hydrogen-bond acceptors (Lipinski definition) is 2. The third kappa shape index (κ3) is 4.02. The van der Waals surface area contributed by atoms with Crippen LogP contribution in [0.2, 0.25) is 0 Å². The van der Waals surface area contributed by atoms with Crippen molar-refractivity contribution in [3.8, 4) is 0 Å². The average molecular weight is 248 g/mol. The molecule has 2 heteroatoms. The van der Waals surface area contributed by atoms with Crippen LogP contribution in [-0.4, -0.2) is 13.1 Å². The van der Waals surface area contributed by atoms with E-state index < -0.39 is 0 Å². The van der Waals surface area contributed by atoms with Gasteiger partial charge in [0, 0.05) is 24.8 Å². The Balaban J connectivity index is 2.75. The first-order chi connectivity index (χ1) is 8.62. The Morgan fingerprint density at radius 2 is 1.61 bits per heavy atom. The van der Waals surface area contributed by atoms with Crippen LogP contribution in [0.3, 0.4) is 0 Å². The molecule has 1 aromatic carbocycles. The molecule has 1 aromatic rings. The summed E-state index contributed by atoms with van der Waals surface area (Å²) in [6, 6.07) is 8.81. The largest absolute Gasteiger partial charge is 0.372 e. The van der Waals surface area contributed by atoms with Crippen LogP contribution in [0.25, 0.3) is 0 Å². The molecule has 0 aromatic heterocycles. The van der Waals surface area contributed by atoms with Crippen molar-refractivity contribution in [3.05, 3.63) is 29.8 Å². The number of nitrogens with zero attached hydrogens (tertiary/aromatic N) is 1. The van der Waals surface area contributed by atoms with E-state index in [1.807, 2.05) is 6.92 Å². The Hall–Kier alpha value is -1.02. The summed E-state index contributed by atoms with van der Waals surface area (Å²) in [4.78, 5) is 2.46. The maximum Gasteiger partial charge on any atom is 0.0366 e. The summed E-state index contributed by atoms with van der Waals surface area (Å²) >= 11 is 0. The molecule has 2 N–H and O–H groups in total. The molecule has 0 fully saturated rings. The van der Waals surface area contributed by atoms with E-state index in [-0.39, 0.29) is 6.04 Å². The highest BCUT2D eigenvalue weighted by Gasteiger charge is 2.10. The second-order valence-corrected chi connectivity index (χ2v) is 5.10. The lowest BCUT2D eigenvalue weighted by molar-refractivity contribution is 0.486. The zero-order chi connectivity index (χ0) is 13.5. The molecule has 0 bridgehead atoms. The topological polar surface area (TPSA) is 29.3 Å². The number of hydrogen-bond donors (Lipinski definition) is 1. The van der Waals surface area contributed by atoms with Gasteiger partial charge in [-0.05, 0) is 37.5 Å². The van der Waals surface area contributed by atoms with Crippen molar-refractivity contribution >= 4 is 5.69 Å². The number of rotatable bonds is 7. The van der Waals surface area contributed by atoms with Gasteiger partial charge in [0.1, 0.15) is 0 Å². The SMILES string of the molecule is CCC(CC)CN(CC)c1ccc(C(C)N)cc1. The van der Waals surface area contributed by atoms with Gasteiger partial charge in [0.05, 0.1) is 0 Å². The summed E-state index contributed by atoms with van der Waals surface area (Å²) in [5, 5.41) is 0. The van der Waals surface area contributed by atoms with E-state index in [0.717, 1.165) is 19.0 Å². The first kappa shape index (κ1) is 15.0. The molecule has 0 amide bonds. The maximum absolute atomic E-state index is 5.88. The van der Waals surface area contributed by atoms with Crippen LogP contribution >= 0.6 is 0 Å². The second-order valence-electron chi connectivity index (χ2n) is 5.10. The smallest absolute Gasteiger partial charge is 0.0366 e. The summed E-state index contributed by atoms with van der Waals surface area (Å²) in [6.45, 7) is 11.0. The minimum Gasteiger partial charge on any atom is -0.372 e. The maximum atomic E-state index is 5.88. The van der Waals surface area contributed by atoms with Crippen LogP contribution in [-0.2, 0) is 0 Å². The number of nitrogens with two attached hydrogens (primary N) is 1. The highest BCUT2D eigenvalue weighted by molar-refractivity contribution is 5.48. The highest BCUT2D eigenvalue weighted by Crippen LogP contribution is 2.20. The van der Waals surface area contributed by atoms with E-state index in [1.165, 1.54) is 24.1 Å². The molecule has 2 nitrogen and oxygen atoms in total. The van der Waals surface area contributed by atoms with Gasteiger partial charge in [0.15, 0.2) is 0 Å². The molecule has 0 saturated carbocycles. The van der Waals surface area contributed by atoms with E-state index in [4.69, 9.17) is 5.73 Å². The number of benzene rings is 1. The van der Waals surface area contributed by atoms with Crippen LogP contribution in [0, 0.1) is 5.92 Å².